The zero-order valence-corrected chi connectivity index (χ0v) is 14.8. The van der Waals surface area contributed by atoms with Crippen molar-refractivity contribution in [3.63, 3.8) is 0 Å². The van der Waals surface area contributed by atoms with Crippen molar-refractivity contribution in [2.24, 2.45) is 0 Å². The smallest absolute Gasteiger partial charge is 0.170 e. The predicted molar refractivity (Wildman–Crippen MR) is 97.3 cm³/mol. The summed E-state index contributed by atoms with van der Waals surface area (Å²) in [5.74, 6) is 0. The molecule has 2 N–H and O–H groups in total. The Bertz CT molecular complexity index is 680. The Morgan fingerprint density at radius 2 is 2.13 bits per heavy atom. The van der Waals surface area contributed by atoms with Crippen LogP contribution in [0.3, 0.4) is 0 Å². The second kappa shape index (κ2) is 6.71. The van der Waals surface area contributed by atoms with E-state index in [1.807, 2.05) is 18.3 Å². The Labute approximate surface area is 143 Å². The topological polar surface area (TPSA) is 44.0 Å². The molecule has 0 radical (unpaired) electrons. The molecular formula is C18H24N4S. The lowest BCUT2D eigenvalue weighted by Crippen LogP contribution is -2.30. The van der Waals surface area contributed by atoms with Gasteiger partial charge in [0.1, 0.15) is 0 Å². The molecule has 1 aliphatic heterocycles. The molecule has 5 heteroatoms. The molecule has 0 aromatic carbocycles. The lowest BCUT2D eigenvalue weighted by atomic mass is 9.96. The summed E-state index contributed by atoms with van der Waals surface area (Å²) >= 11 is 5.63. The lowest BCUT2D eigenvalue weighted by molar-refractivity contribution is 0.312. The minimum atomic E-state index is 0.0921. The van der Waals surface area contributed by atoms with Crippen LogP contribution in [-0.2, 0) is 0 Å². The van der Waals surface area contributed by atoms with Gasteiger partial charge in [0.2, 0.25) is 0 Å². The number of aromatic nitrogens is 2. The number of hydrogen-bond donors (Lipinski definition) is 2. The van der Waals surface area contributed by atoms with Crippen LogP contribution in [-0.4, -0.2) is 26.5 Å². The molecule has 3 heterocycles. The standard InChI is InChI=1S/C18H24N4S/c1-4-5-10-22-17(14-11-12(2)20-13(14)3)16(21-18(22)23)15-8-6-7-9-19-15/h6-9,11,16-17,20H,4-5,10H2,1-3H3,(H,21,23). The molecular weight excluding hydrogens is 304 g/mol. The average molecular weight is 328 g/mol. The zero-order chi connectivity index (χ0) is 16.4. The maximum atomic E-state index is 5.63. The molecule has 1 fully saturated rings. The van der Waals surface area contributed by atoms with Gasteiger partial charge in [-0.1, -0.05) is 19.4 Å². The molecule has 1 saturated heterocycles. The van der Waals surface area contributed by atoms with E-state index in [2.05, 4.69) is 53.1 Å². The molecule has 1 aliphatic rings. The molecule has 2 atom stereocenters. The summed E-state index contributed by atoms with van der Waals surface area (Å²) in [5, 5.41) is 4.33. The van der Waals surface area contributed by atoms with E-state index < -0.39 is 0 Å². The van der Waals surface area contributed by atoms with Gasteiger partial charge in [-0.3, -0.25) is 4.98 Å². The molecule has 4 nitrogen and oxygen atoms in total. The highest BCUT2D eigenvalue weighted by Gasteiger charge is 2.40. The highest BCUT2D eigenvalue weighted by molar-refractivity contribution is 7.80. The van der Waals surface area contributed by atoms with Gasteiger partial charge in [-0.15, -0.1) is 0 Å². The van der Waals surface area contributed by atoms with Crippen molar-refractivity contribution in [2.45, 2.75) is 45.7 Å². The van der Waals surface area contributed by atoms with E-state index in [-0.39, 0.29) is 12.1 Å². The molecule has 0 amide bonds. The van der Waals surface area contributed by atoms with Crippen LogP contribution in [0.4, 0.5) is 0 Å². The Balaban J connectivity index is 2.01. The average Bonchev–Trinajstić information content (AvgIpc) is 3.05. The van der Waals surface area contributed by atoms with Crippen molar-refractivity contribution in [3.8, 4) is 0 Å². The van der Waals surface area contributed by atoms with Crippen LogP contribution in [0.15, 0.2) is 30.5 Å². The summed E-state index contributed by atoms with van der Waals surface area (Å²) in [4.78, 5) is 10.3. The SMILES string of the molecule is CCCCN1C(=S)NC(c2ccccn2)C1c1cc(C)[nH]c1C. The van der Waals surface area contributed by atoms with E-state index in [0.717, 1.165) is 30.2 Å². The van der Waals surface area contributed by atoms with Crippen molar-refractivity contribution in [1.82, 2.24) is 20.2 Å². The Morgan fingerprint density at radius 1 is 1.30 bits per heavy atom. The quantitative estimate of drug-likeness (QED) is 0.820. The van der Waals surface area contributed by atoms with Crippen LogP contribution < -0.4 is 5.32 Å². The van der Waals surface area contributed by atoms with Crippen LogP contribution in [0.5, 0.6) is 0 Å². The number of pyridine rings is 1. The number of thiocarbonyl (C=S) groups is 1. The lowest BCUT2D eigenvalue weighted by Gasteiger charge is -2.27. The minimum Gasteiger partial charge on any atom is -0.362 e. The van der Waals surface area contributed by atoms with Gasteiger partial charge in [-0.2, -0.15) is 0 Å². The van der Waals surface area contributed by atoms with Crippen LogP contribution >= 0.6 is 12.2 Å². The van der Waals surface area contributed by atoms with Crippen LogP contribution in [0.2, 0.25) is 0 Å². The summed E-state index contributed by atoms with van der Waals surface area (Å²) in [6, 6.07) is 8.58. The fourth-order valence-electron chi connectivity index (χ4n) is 3.37. The molecule has 23 heavy (non-hydrogen) atoms. The fourth-order valence-corrected chi connectivity index (χ4v) is 3.70. The van der Waals surface area contributed by atoms with Gasteiger partial charge < -0.3 is 15.2 Å². The first-order valence-corrected chi connectivity index (χ1v) is 8.66. The number of aromatic amines is 1. The minimum absolute atomic E-state index is 0.0921. The van der Waals surface area contributed by atoms with E-state index in [9.17, 15) is 0 Å². The molecule has 122 valence electrons. The molecule has 2 aromatic heterocycles. The summed E-state index contributed by atoms with van der Waals surface area (Å²) in [7, 11) is 0. The first-order valence-electron chi connectivity index (χ1n) is 8.26. The number of aryl methyl sites for hydroxylation is 2. The zero-order valence-electron chi connectivity index (χ0n) is 14.0. The second-order valence-corrected chi connectivity index (χ2v) is 6.59. The number of unbranched alkanes of at least 4 members (excludes halogenated alkanes) is 1. The highest BCUT2D eigenvalue weighted by atomic mass is 32.1. The molecule has 0 aliphatic carbocycles. The Hall–Kier alpha value is -1.88. The number of H-pyrrole nitrogens is 1. The summed E-state index contributed by atoms with van der Waals surface area (Å²) in [5.41, 5.74) is 4.74. The summed E-state index contributed by atoms with van der Waals surface area (Å²) < 4.78 is 0. The van der Waals surface area contributed by atoms with E-state index in [1.165, 1.54) is 17.0 Å². The van der Waals surface area contributed by atoms with E-state index in [1.54, 1.807) is 0 Å². The second-order valence-electron chi connectivity index (χ2n) is 6.21. The monoisotopic (exact) mass is 328 g/mol. The number of hydrogen-bond acceptors (Lipinski definition) is 2. The third-order valence-corrected chi connectivity index (χ3v) is 4.81. The van der Waals surface area contributed by atoms with Crippen molar-refractivity contribution < 1.29 is 0 Å². The van der Waals surface area contributed by atoms with Gasteiger partial charge in [-0.25, -0.2) is 0 Å². The van der Waals surface area contributed by atoms with Crippen molar-refractivity contribution >= 4 is 17.3 Å². The van der Waals surface area contributed by atoms with Gasteiger partial charge >= 0.3 is 0 Å². The van der Waals surface area contributed by atoms with Gasteiger partial charge in [0.15, 0.2) is 5.11 Å². The molecule has 2 aromatic rings. The first kappa shape index (κ1) is 16.0. The van der Waals surface area contributed by atoms with Crippen molar-refractivity contribution in [3.05, 3.63) is 53.1 Å². The maximum Gasteiger partial charge on any atom is 0.170 e. The molecule has 2 unspecified atom stereocenters. The Morgan fingerprint density at radius 3 is 2.74 bits per heavy atom. The first-order chi connectivity index (χ1) is 11.1. The molecule has 0 spiro atoms. The van der Waals surface area contributed by atoms with Gasteiger partial charge in [0, 0.05) is 24.1 Å². The van der Waals surface area contributed by atoms with Crippen LogP contribution in [0.25, 0.3) is 0 Å². The fraction of sp³-hybridized carbons (Fsp3) is 0.444. The highest BCUT2D eigenvalue weighted by Crippen LogP contribution is 2.40. The number of nitrogens with one attached hydrogen (secondary N) is 2. The third-order valence-electron chi connectivity index (χ3n) is 4.46. The van der Waals surface area contributed by atoms with Crippen LogP contribution in [0, 0.1) is 13.8 Å². The van der Waals surface area contributed by atoms with E-state index >= 15 is 0 Å². The van der Waals surface area contributed by atoms with Gasteiger partial charge in [0.25, 0.3) is 0 Å². The molecule has 0 saturated carbocycles. The third kappa shape index (κ3) is 3.11. The van der Waals surface area contributed by atoms with E-state index in [0.29, 0.717) is 0 Å². The largest absolute Gasteiger partial charge is 0.362 e. The summed E-state index contributed by atoms with van der Waals surface area (Å²) in [6.07, 6.45) is 4.14. The number of nitrogens with zero attached hydrogens (tertiary/aromatic N) is 2. The molecule has 0 bridgehead atoms. The summed E-state index contributed by atoms with van der Waals surface area (Å²) in [6.45, 7) is 7.42. The predicted octanol–water partition coefficient (Wildman–Crippen LogP) is 3.80. The maximum absolute atomic E-state index is 5.63. The van der Waals surface area contributed by atoms with Gasteiger partial charge in [0.05, 0.1) is 17.8 Å². The van der Waals surface area contributed by atoms with Gasteiger partial charge in [-0.05, 0) is 56.2 Å². The molecule has 3 rings (SSSR count). The van der Waals surface area contributed by atoms with Crippen LogP contribution in [0.1, 0.15) is 54.5 Å². The normalized spacial score (nSPS) is 20.8. The van der Waals surface area contributed by atoms with Crippen molar-refractivity contribution in [2.75, 3.05) is 6.54 Å². The Kier molecular flexibility index (Phi) is 4.66. The van der Waals surface area contributed by atoms with E-state index in [4.69, 9.17) is 12.2 Å². The van der Waals surface area contributed by atoms with Crippen molar-refractivity contribution in [1.29, 1.82) is 0 Å². The number of rotatable bonds is 5.